The third-order valence-electron chi connectivity index (χ3n) is 13.1. The molecule has 0 aromatic rings. The number of allylic oxidation sites excluding steroid dienone is 8. The molecule has 0 bridgehead atoms. The normalized spacial score (nSPS) is 12.3. The van der Waals surface area contributed by atoms with Crippen molar-refractivity contribution in [3.63, 3.8) is 0 Å². The van der Waals surface area contributed by atoms with Crippen molar-refractivity contribution in [2.45, 2.75) is 316 Å². The molecule has 1 atom stereocenters. The molecule has 396 valence electrons. The van der Waals surface area contributed by atoms with Crippen LogP contribution >= 0.6 is 0 Å². The molecule has 0 aliphatic carbocycles. The van der Waals surface area contributed by atoms with Crippen LogP contribution in [-0.4, -0.2) is 37.2 Å². The molecule has 0 amide bonds. The molecule has 0 aromatic heterocycles. The number of esters is 3. The second-order valence-electron chi connectivity index (χ2n) is 19.9. The van der Waals surface area contributed by atoms with Gasteiger partial charge in [0.25, 0.3) is 0 Å². The topological polar surface area (TPSA) is 78.9 Å². The van der Waals surface area contributed by atoms with E-state index in [1.165, 1.54) is 193 Å². The summed E-state index contributed by atoms with van der Waals surface area (Å²) < 4.78 is 16.8. The van der Waals surface area contributed by atoms with Gasteiger partial charge < -0.3 is 14.2 Å². The van der Waals surface area contributed by atoms with Crippen molar-refractivity contribution in [2.75, 3.05) is 13.2 Å². The van der Waals surface area contributed by atoms with E-state index in [0.717, 1.165) is 77.0 Å². The minimum absolute atomic E-state index is 0.0743. The Labute approximate surface area is 422 Å². The molecular formula is C62H112O6. The lowest BCUT2D eigenvalue weighted by molar-refractivity contribution is -0.167. The molecule has 68 heavy (non-hydrogen) atoms. The molecule has 6 heteroatoms. The van der Waals surface area contributed by atoms with Crippen LogP contribution in [0.3, 0.4) is 0 Å². The number of carbonyl (C=O) groups excluding carboxylic acids is 3. The first-order valence-electron chi connectivity index (χ1n) is 29.6. The Morgan fingerprint density at radius 2 is 0.529 bits per heavy atom. The Hall–Kier alpha value is -2.63. The maximum absolute atomic E-state index is 12.8. The third kappa shape index (κ3) is 54.3. The molecule has 0 rings (SSSR count). The molecule has 0 aromatic carbocycles. The average Bonchev–Trinajstić information content (AvgIpc) is 3.34. The van der Waals surface area contributed by atoms with Crippen LogP contribution in [0.5, 0.6) is 0 Å². The maximum Gasteiger partial charge on any atom is 0.306 e. The summed E-state index contributed by atoms with van der Waals surface area (Å²) in [6.07, 6.45) is 69.7. The summed E-state index contributed by atoms with van der Waals surface area (Å²) in [5.41, 5.74) is 0. The number of carbonyl (C=O) groups is 3. The monoisotopic (exact) mass is 953 g/mol. The van der Waals surface area contributed by atoms with Crippen LogP contribution in [0.2, 0.25) is 0 Å². The van der Waals surface area contributed by atoms with Gasteiger partial charge in [-0.1, -0.05) is 256 Å². The van der Waals surface area contributed by atoms with Gasteiger partial charge in [-0.25, -0.2) is 0 Å². The highest BCUT2D eigenvalue weighted by Gasteiger charge is 2.19. The summed E-state index contributed by atoms with van der Waals surface area (Å²) in [7, 11) is 0. The highest BCUT2D eigenvalue weighted by atomic mass is 16.6. The predicted octanol–water partition coefficient (Wildman–Crippen LogP) is 19.8. The largest absolute Gasteiger partial charge is 0.462 e. The van der Waals surface area contributed by atoms with Gasteiger partial charge in [-0.2, -0.15) is 0 Å². The lowest BCUT2D eigenvalue weighted by Gasteiger charge is -2.18. The van der Waals surface area contributed by atoms with Crippen molar-refractivity contribution in [1.29, 1.82) is 0 Å². The third-order valence-corrected chi connectivity index (χ3v) is 13.1. The molecular weight excluding hydrogens is 841 g/mol. The zero-order valence-corrected chi connectivity index (χ0v) is 45.4. The number of hydrogen-bond donors (Lipinski definition) is 0. The van der Waals surface area contributed by atoms with E-state index >= 15 is 0 Å². The van der Waals surface area contributed by atoms with Gasteiger partial charge in [0.05, 0.1) is 0 Å². The van der Waals surface area contributed by atoms with E-state index in [1.54, 1.807) is 0 Å². The lowest BCUT2D eigenvalue weighted by Crippen LogP contribution is -2.30. The summed E-state index contributed by atoms with van der Waals surface area (Å²) in [5, 5.41) is 0. The molecule has 0 fully saturated rings. The predicted molar refractivity (Wildman–Crippen MR) is 293 cm³/mol. The molecule has 0 saturated carbocycles. The Morgan fingerprint density at radius 1 is 0.294 bits per heavy atom. The second kappa shape index (κ2) is 57.0. The summed E-state index contributed by atoms with van der Waals surface area (Å²) in [6.45, 7) is 6.62. The van der Waals surface area contributed by atoms with E-state index in [-0.39, 0.29) is 31.1 Å². The number of rotatable bonds is 54. The van der Waals surface area contributed by atoms with Crippen molar-refractivity contribution >= 4 is 17.9 Å². The Kier molecular flexibility index (Phi) is 54.8. The lowest BCUT2D eigenvalue weighted by atomic mass is 10.0. The highest BCUT2D eigenvalue weighted by Crippen LogP contribution is 2.16. The van der Waals surface area contributed by atoms with E-state index < -0.39 is 6.10 Å². The van der Waals surface area contributed by atoms with Crippen molar-refractivity contribution in [3.05, 3.63) is 48.6 Å². The van der Waals surface area contributed by atoms with Crippen LogP contribution in [0.15, 0.2) is 48.6 Å². The van der Waals surface area contributed by atoms with Crippen LogP contribution in [0.4, 0.5) is 0 Å². The zero-order chi connectivity index (χ0) is 49.3. The quantitative estimate of drug-likeness (QED) is 0.0262. The summed E-state index contributed by atoms with van der Waals surface area (Å²) >= 11 is 0. The van der Waals surface area contributed by atoms with Crippen LogP contribution in [0.25, 0.3) is 0 Å². The minimum atomic E-state index is -0.775. The standard InChI is InChI=1S/C62H112O6/c1-4-7-10-13-16-19-21-23-25-27-29-30-31-32-33-35-36-38-40-43-46-49-52-55-61(64)67-58-59(57-66-60(63)54-51-48-45-42-18-15-12-9-6-3)68-62(65)56-53-50-47-44-41-39-37-34-28-26-24-22-20-17-14-11-8-5-2/h20-23,26-29,59H,4-19,24-25,30-58H2,1-3H3/b22-20-,23-21-,28-26-,29-27-. The molecule has 0 spiro atoms. The van der Waals surface area contributed by atoms with Gasteiger partial charge in [-0.3, -0.25) is 14.4 Å². The first-order chi connectivity index (χ1) is 33.5. The van der Waals surface area contributed by atoms with E-state index in [1.807, 2.05) is 0 Å². The molecule has 0 aliphatic rings. The van der Waals surface area contributed by atoms with Gasteiger partial charge in [0, 0.05) is 19.3 Å². The summed E-state index contributed by atoms with van der Waals surface area (Å²) in [6, 6.07) is 0. The van der Waals surface area contributed by atoms with Crippen molar-refractivity contribution in [1.82, 2.24) is 0 Å². The molecule has 0 radical (unpaired) electrons. The smallest absolute Gasteiger partial charge is 0.306 e. The molecule has 0 saturated heterocycles. The van der Waals surface area contributed by atoms with Crippen LogP contribution in [0, 0.1) is 0 Å². The highest BCUT2D eigenvalue weighted by molar-refractivity contribution is 5.71. The molecule has 0 heterocycles. The Balaban J connectivity index is 4.24. The SMILES string of the molecule is CCCCCC/C=C\C/C=C\CCCCCCCCCC(=O)OC(COC(=O)CCCCCCCCCCC)COC(=O)CCCCCCCCCCCCC/C=C\C/C=C\CCCCCCC. The first-order valence-corrected chi connectivity index (χ1v) is 29.6. The molecule has 0 aliphatic heterocycles. The number of ether oxygens (including phenoxy) is 3. The van der Waals surface area contributed by atoms with Gasteiger partial charge in [-0.15, -0.1) is 0 Å². The van der Waals surface area contributed by atoms with Gasteiger partial charge in [0.1, 0.15) is 13.2 Å². The fraction of sp³-hybridized carbons (Fsp3) is 0.823. The van der Waals surface area contributed by atoms with Crippen molar-refractivity contribution < 1.29 is 28.6 Å². The first kappa shape index (κ1) is 65.4. The van der Waals surface area contributed by atoms with E-state index in [9.17, 15) is 14.4 Å². The van der Waals surface area contributed by atoms with Gasteiger partial charge >= 0.3 is 17.9 Å². The zero-order valence-electron chi connectivity index (χ0n) is 45.4. The molecule has 1 unspecified atom stereocenters. The van der Waals surface area contributed by atoms with Gasteiger partial charge in [0.15, 0.2) is 6.10 Å². The van der Waals surface area contributed by atoms with E-state index in [2.05, 4.69) is 69.4 Å². The Bertz CT molecular complexity index is 1190. The van der Waals surface area contributed by atoms with E-state index in [0.29, 0.717) is 19.3 Å². The minimum Gasteiger partial charge on any atom is -0.462 e. The van der Waals surface area contributed by atoms with Crippen LogP contribution < -0.4 is 0 Å². The molecule has 0 N–H and O–H groups in total. The fourth-order valence-corrected chi connectivity index (χ4v) is 8.56. The number of hydrogen-bond acceptors (Lipinski definition) is 6. The fourth-order valence-electron chi connectivity index (χ4n) is 8.56. The Morgan fingerprint density at radius 3 is 0.824 bits per heavy atom. The van der Waals surface area contributed by atoms with Gasteiger partial charge in [0.2, 0.25) is 0 Å². The summed E-state index contributed by atoms with van der Waals surface area (Å²) in [4.78, 5) is 38.1. The molecule has 6 nitrogen and oxygen atoms in total. The average molecular weight is 954 g/mol. The van der Waals surface area contributed by atoms with Crippen LogP contribution in [-0.2, 0) is 28.6 Å². The number of unbranched alkanes of at least 4 members (excludes halogenated alkanes) is 35. The van der Waals surface area contributed by atoms with Gasteiger partial charge in [-0.05, 0) is 83.5 Å². The van der Waals surface area contributed by atoms with Crippen molar-refractivity contribution in [3.8, 4) is 0 Å². The maximum atomic E-state index is 12.8. The summed E-state index contributed by atoms with van der Waals surface area (Å²) in [5.74, 6) is -0.873. The van der Waals surface area contributed by atoms with E-state index in [4.69, 9.17) is 14.2 Å². The second-order valence-corrected chi connectivity index (χ2v) is 19.9. The van der Waals surface area contributed by atoms with Crippen LogP contribution in [0.1, 0.15) is 310 Å². The van der Waals surface area contributed by atoms with Crippen molar-refractivity contribution in [2.24, 2.45) is 0 Å².